The van der Waals surface area contributed by atoms with E-state index in [1.165, 1.54) is 25.7 Å². The van der Waals surface area contributed by atoms with Crippen LogP contribution in [0.1, 0.15) is 50.1 Å². The highest BCUT2D eigenvalue weighted by Gasteiger charge is 2.28. The number of hydrogen-bond acceptors (Lipinski definition) is 3. The van der Waals surface area contributed by atoms with Crippen molar-refractivity contribution in [1.29, 1.82) is 0 Å². The molecule has 1 atom stereocenters. The lowest BCUT2D eigenvalue weighted by atomic mass is 10.00. The Morgan fingerprint density at radius 3 is 3.00 bits per heavy atom. The largest absolute Gasteiger partial charge is 0.333 e. The standard InChI is InChI=1S/C17H25N3O/c21-17(8-7-14-4-1-2-5-14)20-11-10-19-13-16(20)15-6-3-9-18-12-15/h3,6,9,12,14,16,19H,1-2,4-5,7-8,10-11,13H2. The molecule has 4 heteroatoms. The Bertz CT molecular complexity index is 456. The number of pyridine rings is 1. The molecule has 4 nitrogen and oxygen atoms in total. The monoisotopic (exact) mass is 287 g/mol. The molecule has 1 amide bonds. The lowest BCUT2D eigenvalue weighted by Gasteiger charge is -2.36. The molecule has 21 heavy (non-hydrogen) atoms. The fourth-order valence-corrected chi connectivity index (χ4v) is 3.64. The summed E-state index contributed by atoms with van der Waals surface area (Å²) in [6, 6.07) is 4.16. The molecule has 0 aromatic carbocycles. The summed E-state index contributed by atoms with van der Waals surface area (Å²) >= 11 is 0. The minimum absolute atomic E-state index is 0.142. The Kier molecular flexibility index (Phi) is 4.86. The molecule has 0 radical (unpaired) electrons. The van der Waals surface area contributed by atoms with E-state index < -0.39 is 0 Å². The molecule has 2 fully saturated rings. The van der Waals surface area contributed by atoms with Crippen LogP contribution in [-0.4, -0.2) is 35.4 Å². The van der Waals surface area contributed by atoms with E-state index in [0.717, 1.165) is 37.5 Å². The average Bonchev–Trinajstić information content (AvgIpc) is 3.07. The summed E-state index contributed by atoms with van der Waals surface area (Å²) in [5, 5.41) is 3.39. The van der Waals surface area contributed by atoms with Crippen molar-refractivity contribution < 1.29 is 4.79 Å². The molecule has 1 unspecified atom stereocenters. The molecule has 0 spiro atoms. The molecule has 1 saturated heterocycles. The molecule has 1 aromatic rings. The lowest BCUT2D eigenvalue weighted by Crippen LogP contribution is -2.48. The Morgan fingerprint density at radius 2 is 2.24 bits per heavy atom. The molecule has 1 aromatic heterocycles. The molecular weight excluding hydrogens is 262 g/mol. The number of aromatic nitrogens is 1. The molecule has 1 aliphatic heterocycles. The van der Waals surface area contributed by atoms with Gasteiger partial charge in [0.1, 0.15) is 0 Å². The molecule has 2 aliphatic rings. The van der Waals surface area contributed by atoms with E-state index >= 15 is 0 Å². The number of nitrogens with one attached hydrogen (secondary N) is 1. The topological polar surface area (TPSA) is 45.2 Å². The predicted molar refractivity (Wildman–Crippen MR) is 82.8 cm³/mol. The summed E-state index contributed by atoms with van der Waals surface area (Å²) in [4.78, 5) is 18.9. The highest BCUT2D eigenvalue weighted by Crippen LogP contribution is 2.29. The smallest absolute Gasteiger partial charge is 0.223 e. The van der Waals surface area contributed by atoms with Gasteiger partial charge >= 0.3 is 0 Å². The van der Waals surface area contributed by atoms with Gasteiger partial charge in [0.15, 0.2) is 0 Å². The van der Waals surface area contributed by atoms with Crippen LogP contribution in [0.15, 0.2) is 24.5 Å². The number of nitrogens with zero attached hydrogens (tertiary/aromatic N) is 2. The Morgan fingerprint density at radius 1 is 1.38 bits per heavy atom. The second kappa shape index (κ2) is 7.03. The number of piperazine rings is 1. The van der Waals surface area contributed by atoms with Gasteiger partial charge in [-0.1, -0.05) is 31.7 Å². The summed E-state index contributed by atoms with van der Waals surface area (Å²) in [7, 11) is 0. The number of hydrogen-bond donors (Lipinski definition) is 1. The first-order valence-corrected chi connectivity index (χ1v) is 8.24. The Hall–Kier alpha value is -1.42. The first-order valence-electron chi connectivity index (χ1n) is 8.24. The van der Waals surface area contributed by atoms with Gasteiger partial charge in [0.2, 0.25) is 5.91 Å². The average molecular weight is 287 g/mol. The summed E-state index contributed by atoms with van der Waals surface area (Å²) in [6.45, 7) is 2.54. The van der Waals surface area contributed by atoms with E-state index in [1.807, 2.05) is 12.3 Å². The Labute approximate surface area is 126 Å². The van der Waals surface area contributed by atoms with E-state index in [4.69, 9.17) is 0 Å². The minimum atomic E-state index is 0.142. The van der Waals surface area contributed by atoms with Gasteiger partial charge in [0.05, 0.1) is 6.04 Å². The van der Waals surface area contributed by atoms with Gasteiger partial charge in [-0.15, -0.1) is 0 Å². The molecule has 0 bridgehead atoms. The van der Waals surface area contributed by atoms with Crippen molar-refractivity contribution in [2.45, 2.75) is 44.6 Å². The minimum Gasteiger partial charge on any atom is -0.333 e. The number of amides is 1. The first kappa shape index (κ1) is 14.5. The number of rotatable bonds is 4. The van der Waals surface area contributed by atoms with Crippen molar-refractivity contribution in [2.75, 3.05) is 19.6 Å². The maximum atomic E-state index is 12.6. The van der Waals surface area contributed by atoms with Crippen LogP contribution >= 0.6 is 0 Å². The van der Waals surface area contributed by atoms with Crippen molar-refractivity contribution in [3.63, 3.8) is 0 Å². The number of carbonyl (C=O) groups excluding carboxylic acids is 1. The zero-order valence-electron chi connectivity index (χ0n) is 12.6. The van der Waals surface area contributed by atoms with Crippen LogP contribution in [-0.2, 0) is 4.79 Å². The fourth-order valence-electron chi connectivity index (χ4n) is 3.64. The fraction of sp³-hybridized carbons (Fsp3) is 0.647. The van der Waals surface area contributed by atoms with Crippen LogP contribution in [0.5, 0.6) is 0 Å². The van der Waals surface area contributed by atoms with Crippen LogP contribution in [0, 0.1) is 5.92 Å². The SMILES string of the molecule is O=C(CCC1CCCC1)N1CCNCC1c1cccnc1. The van der Waals surface area contributed by atoms with Crippen molar-refractivity contribution >= 4 is 5.91 Å². The van der Waals surface area contributed by atoms with E-state index in [1.54, 1.807) is 6.20 Å². The molecule has 1 saturated carbocycles. The second-order valence-corrected chi connectivity index (χ2v) is 6.28. The zero-order chi connectivity index (χ0) is 14.5. The van der Waals surface area contributed by atoms with Gasteiger partial charge in [-0.25, -0.2) is 0 Å². The van der Waals surface area contributed by atoms with Crippen LogP contribution in [0.2, 0.25) is 0 Å². The van der Waals surface area contributed by atoms with Crippen LogP contribution in [0.25, 0.3) is 0 Å². The predicted octanol–water partition coefficient (Wildman–Crippen LogP) is 2.52. The van der Waals surface area contributed by atoms with E-state index in [2.05, 4.69) is 21.3 Å². The molecule has 2 heterocycles. The molecule has 1 N–H and O–H groups in total. The van der Waals surface area contributed by atoms with Crippen molar-refractivity contribution in [1.82, 2.24) is 15.2 Å². The Balaban J connectivity index is 1.61. The van der Waals surface area contributed by atoms with Gasteiger partial charge in [-0.05, 0) is 24.0 Å². The number of carbonyl (C=O) groups is 1. The van der Waals surface area contributed by atoms with E-state index in [9.17, 15) is 4.79 Å². The normalized spacial score (nSPS) is 23.4. The third-order valence-electron chi connectivity index (χ3n) is 4.87. The summed E-state index contributed by atoms with van der Waals surface area (Å²) in [6.07, 6.45) is 10.8. The molecule has 1 aliphatic carbocycles. The zero-order valence-corrected chi connectivity index (χ0v) is 12.6. The van der Waals surface area contributed by atoms with Gasteiger partial charge in [0, 0.05) is 38.4 Å². The quantitative estimate of drug-likeness (QED) is 0.925. The summed E-state index contributed by atoms with van der Waals surface area (Å²) in [5.74, 6) is 1.10. The van der Waals surface area contributed by atoms with Gasteiger partial charge in [0.25, 0.3) is 0 Å². The van der Waals surface area contributed by atoms with Crippen LogP contribution < -0.4 is 5.32 Å². The van der Waals surface area contributed by atoms with Gasteiger partial charge in [-0.2, -0.15) is 0 Å². The maximum absolute atomic E-state index is 12.6. The molecular formula is C17H25N3O. The highest BCUT2D eigenvalue weighted by molar-refractivity contribution is 5.77. The van der Waals surface area contributed by atoms with Crippen molar-refractivity contribution in [2.24, 2.45) is 5.92 Å². The lowest BCUT2D eigenvalue weighted by molar-refractivity contribution is -0.134. The highest BCUT2D eigenvalue weighted by atomic mass is 16.2. The van der Waals surface area contributed by atoms with E-state index in [-0.39, 0.29) is 6.04 Å². The van der Waals surface area contributed by atoms with Crippen molar-refractivity contribution in [3.05, 3.63) is 30.1 Å². The van der Waals surface area contributed by atoms with Crippen LogP contribution in [0.3, 0.4) is 0 Å². The summed E-state index contributed by atoms with van der Waals surface area (Å²) in [5.41, 5.74) is 1.14. The second-order valence-electron chi connectivity index (χ2n) is 6.28. The van der Waals surface area contributed by atoms with Gasteiger partial charge in [-0.3, -0.25) is 9.78 Å². The first-order chi connectivity index (χ1) is 10.3. The molecule has 114 valence electrons. The van der Waals surface area contributed by atoms with Crippen LogP contribution in [0.4, 0.5) is 0 Å². The third kappa shape index (κ3) is 3.62. The molecule has 3 rings (SSSR count). The van der Waals surface area contributed by atoms with Crippen molar-refractivity contribution in [3.8, 4) is 0 Å². The maximum Gasteiger partial charge on any atom is 0.223 e. The van der Waals surface area contributed by atoms with Gasteiger partial charge < -0.3 is 10.2 Å². The third-order valence-corrected chi connectivity index (χ3v) is 4.87. The van der Waals surface area contributed by atoms with E-state index in [0.29, 0.717) is 12.3 Å². The summed E-state index contributed by atoms with van der Waals surface area (Å²) < 4.78 is 0.